The van der Waals surface area contributed by atoms with Crippen molar-refractivity contribution in [2.45, 2.75) is 103 Å². The van der Waals surface area contributed by atoms with Crippen molar-refractivity contribution in [2.75, 3.05) is 6.61 Å². The van der Waals surface area contributed by atoms with Gasteiger partial charge in [-0.2, -0.15) is 0 Å². The third kappa shape index (κ3) is 6.55. The molecule has 0 unspecified atom stereocenters. The van der Waals surface area contributed by atoms with Gasteiger partial charge in [0.15, 0.2) is 6.29 Å². The number of carboxylic acids is 1. The SMILES string of the molecule is CCCCCCCC[C@H]1CO[C@H]([C@H]2CC[C@H](c3ccc(C(=O)O)cc3)CC2)O[C@@H]1C. The van der Waals surface area contributed by atoms with E-state index < -0.39 is 5.97 Å². The summed E-state index contributed by atoms with van der Waals surface area (Å²) in [5, 5.41) is 9.07. The summed E-state index contributed by atoms with van der Waals surface area (Å²) in [6.45, 7) is 5.34. The Labute approximate surface area is 182 Å². The van der Waals surface area contributed by atoms with E-state index in [4.69, 9.17) is 14.6 Å². The van der Waals surface area contributed by atoms with Gasteiger partial charge in [-0.1, -0.05) is 57.6 Å². The van der Waals surface area contributed by atoms with Crippen molar-refractivity contribution in [1.82, 2.24) is 0 Å². The van der Waals surface area contributed by atoms with Gasteiger partial charge in [0, 0.05) is 11.8 Å². The predicted octanol–water partition coefficient (Wildman–Crippen LogP) is 6.79. The summed E-state index contributed by atoms with van der Waals surface area (Å²) >= 11 is 0. The van der Waals surface area contributed by atoms with Gasteiger partial charge in [-0.25, -0.2) is 4.79 Å². The van der Waals surface area contributed by atoms with Crippen LogP contribution in [0, 0.1) is 11.8 Å². The summed E-state index contributed by atoms with van der Waals surface area (Å²) in [7, 11) is 0. The van der Waals surface area contributed by atoms with E-state index in [0.29, 0.717) is 29.4 Å². The minimum atomic E-state index is -0.860. The molecule has 0 radical (unpaired) electrons. The second kappa shape index (κ2) is 11.9. The van der Waals surface area contributed by atoms with Gasteiger partial charge in [0.25, 0.3) is 0 Å². The van der Waals surface area contributed by atoms with Crippen molar-refractivity contribution in [3.8, 4) is 0 Å². The Morgan fingerprint density at radius 3 is 2.30 bits per heavy atom. The second-order valence-corrected chi connectivity index (χ2v) is 9.40. The second-order valence-electron chi connectivity index (χ2n) is 9.40. The van der Waals surface area contributed by atoms with Crippen LogP contribution in [0.15, 0.2) is 24.3 Å². The Balaban J connectivity index is 1.37. The van der Waals surface area contributed by atoms with E-state index >= 15 is 0 Å². The molecule has 1 saturated carbocycles. The standard InChI is InChI=1S/C26H40O4/c1-3-4-5-6-7-8-9-24-18-29-26(30-19(24)2)23-16-12-21(13-17-23)20-10-14-22(15-11-20)25(27)28/h10-11,14-15,19,21,23-24,26H,3-9,12-13,16-18H2,1-2H3,(H,27,28)/t19-,21-,23-,24+,26+/m1/s1. The van der Waals surface area contributed by atoms with Gasteiger partial charge >= 0.3 is 5.97 Å². The van der Waals surface area contributed by atoms with Crippen LogP contribution in [-0.4, -0.2) is 30.1 Å². The number of rotatable bonds is 10. The van der Waals surface area contributed by atoms with E-state index in [0.717, 1.165) is 32.3 Å². The Morgan fingerprint density at radius 2 is 1.67 bits per heavy atom. The number of aromatic carboxylic acids is 1. The number of unbranched alkanes of at least 4 members (excludes halogenated alkanes) is 5. The number of hydrogen-bond donors (Lipinski definition) is 1. The molecule has 1 heterocycles. The van der Waals surface area contributed by atoms with Crippen LogP contribution < -0.4 is 0 Å². The van der Waals surface area contributed by atoms with Crippen molar-refractivity contribution in [2.24, 2.45) is 11.8 Å². The minimum Gasteiger partial charge on any atom is -0.478 e. The quantitative estimate of drug-likeness (QED) is 0.427. The fourth-order valence-electron chi connectivity index (χ4n) is 5.09. The molecule has 4 heteroatoms. The number of hydrogen-bond acceptors (Lipinski definition) is 3. The van der Waals surface area contributed by atoms with Gasteiger partial charge in [0.1, 0.15) is 0 Å². The molecule has 1 aliphatic heterocycles. The molecule has 3 atom stereocenters. The summed E-state index contributed by atoms with van der Waals surface area (Å²) < 4.78 is 12.5. The molecular formula is C26H40O4. The van der Waals surface area contributed by atoms with Crippen LogP contribution in [0.5, 0.6) is 0 Å². The lowest BCUT2D eigenvalue weighted by Gasteiger charge is -2.40. The lowest BCUT2D eigenvalue weighted by molar-refractivity contribution is -0.257. The molecular weight excluding hydrogens is 376 g/mol. The Hall–Kier alpha value is -1.39. The molecule has 0 bridgehead atoms. The first-order valence-electron chi connectivity index (χ1n) is 12.2. The van der Waals surface area contributed by atoms with Crippen molar-refractivity contribution in [3.63, 3.8) is 0 Å². The molecule has 0 amide bonds. The highest BCUT2D eigenvalue weighted by Crippen LogP contribution is 2.40. The van der Waals surface area contributed by atoms with E-state index in [1.54, 1.807) is 12.1 Å². The van der Waals surface area contributed by atoms with Crippen molar-refractivity contribution >= 4 is 5.97 Å². The maximum atomic E-state index is 11.0. The number of carbonyl (C=O) groups is 1. The minimum absolute atomic E-state index is 0.0452. The monoisotopic (exact) mass is 416 g/mol. The zero-order chi connectivity index (χ0) is 21.3. The topological polar surface area (TPSA) is 55.8 Å². The van der Waals surface area contributed by atoms with Gasteiger partial charge in [-0.05, 0) is 62.6 Å². The fraction of sp³-hybridized carbons (Fsp3) is 0.731. The van der Waals surface area contributed by atoms with Crippen LogP contribution in [0.3, 0.4) is 0 Å². The first-order chi connectivity index (χ1) is 14.6. The molecule has 1 aromatic rings. The summed E-state index contributed by atoms with van der Waals surface area (Å²) in [5.41, 5.74) is 1.62. The van der Waals surface area contributed by atoms with Crippen LogP contribution in [0.2, 0.25) is 0 Å². The molecule has 3 rings (SSSR count). The Morgan fingerprint density at radius 1 is 1.00 bits per heavy atom. The van der Waals surface area contributed by atoms with E-state index in [-0.39, 0.29) is 6.29 Å². The highest BCUT2D eigenvalue weighted by atomic mass is 16.7. The van der Waals surface area contributed by atoms with Gasteiger partial charge < -0.3 is 14.6 Å². The fourth-order valence-corrected chi connectivity index (χ4v) is 5.09. The van der Waals surface area contributed by atoms with Crippen molar-refractivity contribution in [1.29, 1.82) is 0 Å². The van der Waals surface area contributed by atoms with E-state index in [1.807, 2.05) is 12.1 Å². The molecule has 2 fully saturated rings. The Kier molecular flexibility index (Phi) is 9.20. The maximum absolute atomic E-state index is 11.0. The summed E-state index contributed by atoms with van der Waals surface area (Å²) in [4.78, 5) is 11.0. The number of ether oxygens (including phenoxy) is 2. The van der Waals surface area contributed by atoms with Crippen LogP contribution >= 0.6 is 0 Å². The van der Waals surface area contributed by atoms with Crippen LogP contribution in [0.4, 0.5) is 0 Å². The lowest BCUT2D eigenvalue weighted by atomic mass is 9.78. The molecule has 1 aliphatic carbocycles. The first kappa shape index (κ1) is 23.3. The summed E-state index contributed by atoms with van der Waals surface area (Å²) in [6.07, 6.45) is 14.0. The third-order valence-electron chi connectivity index (χ3n) is 7.20. The normalized spacial score (nSPS) is 29.6. The average molecular weight is 417 g/mol. The van der Waals surface area contributed by atoms with Gasteiger partial charge in [0.05, 0.1) is 18.3 Å². The predicted molar refractivity (Wildman–Crippen MR) is 120 cm³/mol. The van der Waals surface area contributed by atoms with Crippen LogP contribution in [0.1, 0.15) is 106 Å². The molecule has 2 aliphatic rings. The molecule has 4 nitrogen and oxygen atoms in total. The molecule has 30 heavy (non-hydrogen) atoms. The molecule has 1 N–H and O–H groups in total. The van der Waals surface area contributed by atoms with Gasteiger partial charge in [-0.15, -0.1) is 0 Å². The molecule has 1 saturated heterocycles. The maximum Gasteiger partial charge on any atom is 0.335 e. The molecule has 1 aromatic carbocycles. The number of benzene rings is 1. The van der Waals surface area contributed by atoms with Gasteiger partial charge in [-0.3, -0.25) is 0 Å². The summed E-state index contributed by atoms with van der Waals surface area (Å²) in [6, 6.07) is 7.42. The van der Waals surface area contributed by atoms with Crippen molar-refractivity contribution < 1.29 is 19.4 Å². The molecule has 168 valence electrons. The zero-order valence-corrected chi connectivity index (χ0v) is 18.9. The highest BCUT2D eigenvalue weighted by Gasteiger charge is 2.35. The first-order valence-corrected chi connectivity index (χ1v) is 12.2. The van der Waals surface area contributed by atoms with E-state index in [9.17, 15) is 4.79 Å². The van der Waals surface area contributed by atoms with Gasteiger partial charge in [0.2, 0.25) is 0 Å². The molecule has 0 aromatic heterocycles. The summed E-state index contributed by atoms with van der Waals surface area (Å²) in [5.74, 6) is 0.680. The molecule has 0 spiro atoms. The Bertz CT molecular complexity index is 633. The third-order valence-corrected chi connectivity index (χ3v) is 7.20. The van der Waals surface area contributed by atoms with Crippen LogP contribution in [0.25, 0.3) is 0 Å². The van der Waals surface area contributed by atoms with E-state index in [1.165, 1.54) is 50.5 Å². The van der Waals surface area contributed by atoms with E-state index in [2.05, 4.69) is 13.8 Å². The average Bonchev–Trinajstić information content (AvgIpc) is 2.77. The number of carboxylic acid groups (broad SMARTS) is 1. The highest BCUT2D eigenvalue weighted by molar-refractivity contribution is 5.87. The lowest BCUT2D eigenvalue weighted by Crippen LogP contribution is -2.42. The zero-order valence-electron chi connectivity index (χ0n) is 18.9. The smallest absolute Gasteiger partial charge is 0.335 e. The largest absolute Gasteiger partial charge is 0.478 e. The van der Waals surface area contributed by atoms with Crippen LogP contribution in [-0.2, 0) is 9.47 Å². The van der Waals surface area contributed by atoms with Crippen molar-refractivity contribution in [3.05, 3.63) is 35.4 Å².